The average Bonchev–Trinajstić information content (AvgIpc) is 2.88. The van der Waals surface area contributed by atoms with E-state index in [0.717, 1.165) is 29.8 Å². The fourth-order valence-electron chi connectivity index (χ4n) is 1.67. The summed E-state index contributed by atoms with van der Waals surface area (Å²) in [6.45, 7) is 6.79. The van der Waals surface area contributed by atoms with E-state index >= 15 is 0 Å². The van der Waals surface area contributed by atoms with Gasteiger partial charge in [-0.05, 0) is 18.1 Å². The van der Waals surface area contributed by atoms with Crippen molar-refractivity contribution < 1.29 is 0 Å². The molecule has 0 radical (unpaired) electrons. The Morgan fingerprint density at radius 1 is 1.39 bits per heavy atom. The van der Waals surface area contributed by atoms with Gasteiger partial charge in [0.15, 0.2) is 0 Å². The highest BCUT2D eigenvalue weighted by atomic mass is 35.5. The lowest BCUT2D eigenvalue weighted by Crippen LogP contribution is -2.18. The fraction of sp³-hybridized carbons (Fsp3) is 0.500. The minimum Gasteiger partial charge on any atom is -0.305 e. The van der Waals surface area contributed by atoms with E-state index in [1.54, 1.807) is 17.7 Å². The summed E-state index contributed by atoms with van der Waals surface area (Å²) < 4.78 is 2.79. The monoisotopic (exact) mass is 284 g/mol. The summed E-state index contributed by atoms with van der Waals surface area (Å²) >= 11 is 7.49. The lowest BCUT2D eigenvalue weighted by Gasteiger charge is -2.08. The third-order valence-corrected chi connectivity index (χ3v) is 3.68. The number of rotatable bonds is 6. The maximum Gasteiger partial charge on any atom is 0.140 e. The molecule has 0 atom stereocenters. The molecule has 2 heterocycles. The van der Waals surface area contributed by atoms with Crippen LogP contribution in [0.15, 0.2) is 18.5 Å². The van der Waals surface area contributed by atoms with Gasteiger partial charge in [-0.15, -0.1) is 11.3 Å². The maximum atomic E-state index is 5.89. The molecule has 0 saturated carbocycles. The first-order valence-electron chi connectivity index (χ1n) is 5.96. The zero-order valence-electron chi connectivity index (χ0n) is 10.6. The number of hydrogen-bond acceptors (Lipinski definition) is 4. The summed E-state index contributed by atoms with van der Waals surface area (Å²) in [6, 6.07) is 3.96. The normalized spacial score (nSPS) is 11.3. The highest BCUT2D eigenvalue weighted by Gasteiger charge is 2.06. The van der Waals surface area contributed by atoms with Crippen molar-refractivity contribution in [3.8, 4) is 0 Å². The third kappa shape index (κ3) is 3.80. The number of aromatic nitrogens is 3. The van der Waals surface area contributed by atoms with Gasteiger partial charge in [0.05, 0.1) is 10.9 Å². The average molecular weight is 285 g/mol. The van der Waals surface area contributed by atoms with Crippen LogP contribution in [0.2, 0.25) is 4.34 Å². The second kappa shape index (κ2) is 6.31. The van der Waals surface area contributed by atoms with Gasteiger partial charge in [0.1, 0.15) is 12.2 Å². The van der Waals surface area contributed by atoms with E-state index < -0.39 is 0 Å². The highest BCUT2D eigenvalue weighted by Crippen LogP contribution is 2.21. The highest BCUT2D eigenvalue weighted by molar-refractivity contribution is 7.16. The lowest BCUT2D eigenvalue weighted by atomic mass is 10.2. The summed E-state index contributed by atoms with van der Waals surface area (Å²) in [7, 11) is 0. The van der Waals surface area contributed by atoms with Crippen LogP contribution in [0.4, 0.5) is 0 Å². The summed E-state index contributed by atoms with van der Waals surface area (Å²) in [5, 5.41) is 7.59. The molecule has 98 valence electrons. The SMILES string of the molecule is CC(C)Cn1ncnc1CNCc1ccc(Cl)s1. The first kappa shape index (κ1) is 13.5. The summed E-state index contributed by atoms with van der Waals surface area (Å²) in [4.78, 5) is 5.50. The van der Waals surface area contributed by atoms with Crippen LogP contribution in [-0.2, 0) is 19.6 Å². The van der Waals surface area contributed by atoms with Gasteiger partial charge in [-0.2, -0.15) is 5.10 Å². The minimum absolute atomic E-state index is 0.571. The van der Waals surface area contributed by atoms with E-state index in [9.17, 15) is 0 Å². The standard InChI is InChI=1S/C12H17ClN4S/c1-9(2)7-17-12(15-8-16-17)6-14-5-10-3-4-11(13)18-10/h3-4,8-9,14H,5-7H2,1-2H3. The van der Waals surface area contributed by atoms with E-state index in [0.29, 0.717) is 5.92 Å². The number of halogens is 1. The fourth-order valence-corrected chi connectivity index (χ4v) is 2.72. The van der Waals surface area contributed by atoms with E-state index in [1.807, 2.05) is 16.8 Å². The van der Waals surface area contributed by atoms with Crippen LogP contribution in [0.25, 0.3) is 0 Å². The number of nitrogens with one attached hydrogen (secondary N) is 1. The Hall–Kier alpha value is -0.910. The predicted molar refractivity (Wildman–Crippen MR) is 74.7 cm³/mol. The van der Waals surface area contributed by atoms with Crippen molar-refractivity contribution in [1.82, 2.24) is 20.1 Å². The number of hydrogen-bond donors (Lipinski definition) is 1. The molecule has 4 nitrogen and oxygen atoms in total. The Kier molecular flexibility index (Phi) is 4.74. The predicted octanol–water partition coefficient (Wildman–Crippen LogP) is 2.94. The third-order valence-electron chi connectivity index (χ3n) is 2.45. The topological polar surface area (TPSA) is 42.7 Å². The zero-order valence-corrected chi connectivity index (χ0v) is 12.1. The van der Waals surface area contributed by atoms with Gasteiger partial charge in [0.2, 0.25) is 0 Å². The molecule has 2 aromatic heterocycles. The summed E-state index contributed by atoms with van der Waals surface area (Å²) in [6.07, 6.45) is 1.61. The van der Waals surface area contributed by atoms with Crippen molar-refractivity contribution in [3.63, 3.8) is 0 Å². The first-order valence-corrected chi connectivity index (χ1v) is 7.16. The van der Waals surface area contributed by atoms with Crippen molar-refractivity contribution in [2.45, 2.75) is 33.5 Å². The molecular weight excluding hydrogens is 268 g/mol. The van der Waals surface area contributed by atoms with Crippen molar-refractivity contribution >= 4 is 22.9 Å². The smallest absolute Gasteiger partial charge is 0.140 e. The van der Waals surface area contributed by atoms with Gasteiger partial charge in [0, 0.05) is 18.0 Å². The molecule has 18 heavy (non-hydrogen) atoms. The Morgan fingerprint density at radius 3 is 2.89 bits per heavy atom. The Morgan fingerprint density at radius 2 is 2.22 bits per heavy atom. The Balaban J connectivity index is 1.84. The molecule has 0 aliphatic carbocycles. The molecule has 0 bridgehead atoms. The minimum atomic E-state index is 0.571. The van der Waals surface area contributed by atoms with E-state index in [1.165, 1.54) is 4.88 Å². The number of thiophene rings is 1. The van der Waals surface area contributed by atoms with Crippen molar-refractivity contribution in [2.75, 3.05) is 0 Å². The molecule has 0 fully saturated rings. The molecule has 0 aliphatic rings. The van der Waals surface area contributed by atoms with E-state index in [-0.39, 0.29) is 0 Å². The van der Waals surface area contributed by atoms with Gasteiger partial charge < -0.3 is 5.32 Å². The zero-order chi connectivity index (χ0) is 13.0. The van der Waals surface area contributed by atoms with Crippen LogP contribution in [-0.4, -0.2) is 14.8 Å². The molecule has 0 unspecified atom stereocenters. The van der Waals surface area contributed by atoms with Crippen LogP contribution in [0.1, 0.15) is 24.5 Å². The summed E-state index contributed by atoms with van der Waals surface area (Å²) in [5.41, 5.74) is 0. The van der Waals surface area contributed by atoms with Crippen LogP contribution in [0, 0.1) is 5.92 Å². The van der Waals surface area contributed by atoms with Crippen LogP contribution < -0.4 is 5.32 Å². The first-order chi connectivity index (χ1) is 8.65. The van der Waals surface area contributed by atoms with Gasteiger partial charge in [-0.25, -0.2) is 9.67 Å². The van der Waals surface area contributed by atoms with Gasteiger partial charge in [0.25, 0.3) is 0 Å². The Bertz CT molecular complexity index is 492. The van der Waals surface area contributed by atoms with Crippen LogP contribution >= 0.6 is 22.9 Å². The van der Waals surface area contributed by atoms with Crippen molar-refractivity contribution in [1.29, 1.82) is 0 Å². The molecule has 2 rings (SSSR count). The van der Waals surface area contributed by atoms with Crippen LogP contribution in [0.3, 0.4) is 0 Å². The second-order valence-corrected chi connectivity index (χ2v) is 6.36. The van der Waals surface area contributed by atoms with Crippen LogP contribution in [0.5, 0.6) is 0 Å². The van der Waals surface area contributed by atoms with Crippen molar-refractivity contribution in [3.05, 3.63) is 33.5 Å². The van der Waals surface area contributed by atoms with Crippen molar-refractivity contribution in [2.24, 2.45) is 5.92 Å². The maximum absolute atomic E-state index is 5.89. The van der Waals surface area contributed by atoms with Gasteiger partial charge in [-0.3, -0.25) is 0 Å². The largest absolute Gasteiger partial charge is 0.305 e. The molecule has 6 heteroatoms. The molecule has 0 amide bonds. The lowest BCUT2D eigenvalue weighted by molar-refractivity contribution is 0.458. The van der Waals surface area contributed by atoms with Gasteiger partial charge >= 0.3 is 0 Å². The quantitative estimate of drug-likeness (QED) is 0.887. The molecule has 1 N–H and O–H groups in total. The number of nitrogens with zero attached hydrogens (tertiary/aromatic N) is 3. The van der Waals surface area contributed by atoms with E-state index in [4.69, 9.17) is 11.6 Å². The van der Waals surface area contributed by atoms with E-state index in [2.05, 4.69) is 29.2 Å². The molecule has 0 aromatic carbocycles. The van der Waals surface area contributed by atoms with Gasteiger partial charge in [-0.1, -0.05) is 25.4 Å². The molecule has 2 aromatic rings. The second-order valence-electron chi connectivity index (χ2n) is 4.56. The molecule has 0 spiro atoms. The molecule has 0 aliphatic heterocycles. The molecular formula is C12H17ClN4S. The molecule has 0 saturated heterocycles. The Labute approximate surface area is 116 Å². The summed E-state index contributed by atoms with van der Waals surface area (Å²) in [5.74, 6) is 1.55.